The molecule has 0 fully saturated rings. The van der Waals surface area contributed by atoms with Gasteiger partial charge in [-0.2, -0.15) is 26.3 Å². The molecule has 0 aliphatic rings. The van der Waals surface area contributed by atoms with E-state index in [1.165, 1.54) is 5.56 Å². The summed E-state index contributed by atoms with van der Waals surface area (Å²) in [5.41, 5.74) is -11.1. The van der Waals surface area contributed by atoms with Gasteiger partial charge in [-0.3, -0.25) is 0 Å². The molecule has 0 unspecified atom stereocenters. The average molecular weight is 388 g/mol. The molecule has 23 heavy (non-hydrogen) atoms. The Balaban J connectivity index is 0.000000502. The number of aryl methyl sites for hydroxylation is 2. The number of rotatable bonds is 2. The molecule has 0 aliphatic carbocycles. The second-order valence-electron chi connectivity index (χ2n) is 3.96. The standard InChI is InChI=1S/C7H10N.C2F6NO4S2/c1-7-4-3-5-8(2)6-7;3-1(4,5)14(10,11)9-15(12,13)2(6,7)8/h3-6H,1-2H3;/q+1;-1. The highest BCUT2D eigenvalue weighted by atomic mass is 32.3. The summed E-state index contributed by atoms with van der Waals surface area (Å²) in [5, 5.41) is 0. The third-order valence-corrected chi connectivity index (χ3v) is 4.61. The summed E-state index contributed by atoms with van der Waals surface area (Å²) in [5.74, 6) is 0. The Morgan fingerprint density at radius 2 is 1.35 bits per heavy atom. The van der Waals surface area contributed by atoms with Crippen molar-refractivity contribution in [2.24, 2.45) is 7.05 Å². The zero-order chi connectivity index (χ0) is 18.7. The van der Waals surface area contributed by atoms with Crippen molar-refractivity contribution < 1.29 is 47.7 Å². The molecule has 0 aliphatic heterocycles. The van der Waals surface area contributed by atoms with Crippen molar-refractivity contribution in [2.45, 2.75) is 17.9 Å². The Hall–Kier alpha value is -1.41. The van der Waals surface area contributed by atoms with Crippen molar-refractivity contribution in [1.29, 1.82) is 0 Å². The monoisotopic (exact) mass is 388 g/mol. The lowest BCUT2D eigenvalue weighted by Gasteiger charge is -2.22. The molecule has 1 rings (SSSR count). The molecule has 0 spiro atoms. The number of hydrogen-bond donors (Lipinski definition) is 0. The van der Waals surface area contributed by atoms with Crippen LogP contribution in [0.2, 0.25) is 0 Å². The highest BCUT2D eigenvalue weighted by Crippen LogP contribution is 2.36. The summed E-state index contributed by atoms with van der Waals surface area (Å²) in [6.07, 6.45) is 4.10. The van der Waals surface area contributed by atoms with Gasteiger partial charge < -0.3 is 4.13 Å². The lowest BCUT2D eigenvalue weighted by molar-refractivity contribution is -0.671. The molecule has 14 heteroatoms. The van der Waals surface area contributed by atoms with Crippen LogP contribution < -0.4 is 4.57 Å². The third kappa shape index (κ3) is 6.70. The maximum absolute atomic E-state index is 11.4. The van der Waals surface area contributed by atoms with Crippen LogP contribution in [0.4, 0.5) is 26.3 Å². The first-order valence-corrected chi connectivity index (χ1v) is 8.16. The summed E-state index contributed by atoms with van der Waals surface area (Å²) in [6.45, 7) is 2.08. The zero-order valence-corrected chi connectivity index (χ0v) is 13.1. The van der Waals surface area contributed by atoms with E-state index in [0.29, 0.717) is 0 Å². The Labute approximate surface area is 127 Å². The van der Waals surface area contributed by atoms with Gasteiger partial charge in [0.15, 0.2) is 32.4 Å². The molecular weight excluding hydrogens is 378 g/mol. The first kappa shape index (κ1) is 21.6. The normalized spacial score (nSPS) is 13.2. The number of sulfonamides is 2. The minimum absolute atomic E-state index is 0.778. The Morgan fingerprint density at radius 3 is 1.57 bits per heavy atom. The summed E-state index contributed by atoms with van der Waals surface area (Å²) < 4.78 is 111. The van der Waals surface area contributed by atoms with Crippen molar-refractivity contribution in [3.05, 3.63) is 34.2 Å². The zero-order valence-electron chi connectivity index (χ0n) is 11.4. The van der Waals surface area contributed by atoms with Crippen LogP contribution in [0.15, 0.2) is 24.5 Å². The Morgan fingerprint density at radius 1 is 0.957 bits per heavy atom. The second-order valence-corrected chi connectivity index (χ2v) is 7.39. The topological polar surface area (TPSA) is 86.3 Å². The van der Waals surface area contributed by atoms with Crippen molar-refractivity contribution in [1.82, 2.24) is 0 Å². The van der Waals surface area contributed by atoms with E-state index in [9.17, 15) is 43.2 Å². The van der Waals surface area contributed by atoms with Crippen molar-refractivity contribution in [2.75, 3.05) is 0 Å². The maximum Gasteiger partial charge on any atom is 0.480 e. The van der Waals surface area contributed by atoms with E-state index in [4.69, 9.17) is 0 Å². The summed E-state index contributed by atoms with van der Waals surface area (Å²) in [6, 6.07) is 4.12. The summed E-state index contributed by atoms with van der Waals surface area (Å²) >= 11 is 0. The molecule has 0 N–H and O–H groups in total. The largest absolute Gasteiger partial charge is 0.480 e. The number of alkyl halides is 6. The first-order valence-electron chi connectivity index (χ1n) is 5.28. The molecule has 1 heterocycles. The highest BCUT2D eigenvalue weighted by molar-refractivity contribution is 8.13. The molecule has 1 aromatic rings. The van der Waals surface area contributed by atoms with Crippen LogP contribution in [0.3, 0.4) is 0 Å². The van der Waals surface area contributed by atoms with E-state index in [1.54, 1.807) is 0 Å². The lowest BCUT2D eigenvalue weighted by Crippen LogP contribution is -2.30. The van der Waals surface area contributed by atoms with Crippen LogP contribution in [-0.2, 0) is 27.1 Å². The van der Waals surface area contributed by atoms with Crippen LogP contribution in [0.1, 0.15) is 5.56 Å². The van der Waals surface area contributed by atoms with Gasteiger partial charge in [0, 0.05) is 11.6 Å². The van der Waals surface area contributed by atoms with Gasteiger partial charge in [-0.1, -0.05) is 0 Å². The van der Waals surface area contributed by atoms with Crippen molar-refractivity contribution in [3.8, 4) is 0 Å². The number of hydrogen-bond acceptors (Lipinski definition) is 4. The third-order valence-electron chi connectivity index (χ3n) is 1.87. The molecular formula is C9H10F6N2O4S2. The molecule has 134 valence electrons. The molecule has 0 aromatic carbocycles. The van der Waals surface area contributed by atoms with Gasteiger partial charge in [0.2, 0.25) is 0 Å². The molecule has 0 amide bonds. The van der Waals surface area contributed by atoms with E-state index in [2.05, 4.69) is 19.2 Å². The van der Waals surface area contributed by atoms with E-state index < -0.39 is 31.1 Å². The van der Waals surface area contributed by atoms with Crippen LogP contribution >= 0.6 is 0 Å². The van der Waals surface area contributed by atoms with Crippen LogP contribution in [-0.4, -0.2) is 27.9 Å². The first-order chi connectivity index (χ1) is 9.99. The minimum Gasteiger partial charge on any atom is -0.421 e. The molecule has 0 saturated carbocycles. The Kier molecular flexibility index (Phi) is 6.57. The summed E-state index contributed by atoms with van der Waals surface area (Å²) in [4.78, 5) is 0. The van der Waals surface area contributed by atoms with Gasteiger partial charge in [0.1, 0.15) is 7.05 Å². The maximum atomic E-state index is 11.4. The van der Waals surface area contributed by atoms with Gasteiger partial charge in [-0.15, -0.1) is 0 Å². The molecule has 0 radical (unpaired) electrons. The predicted octanol–water partition coefficient (Wildman–Crippen LogP) is 1.88. The fourth-order valence-electron chi connectivity index (χ4n) is 0.952. The molecule has 6 nitrogen and oxygen atoms in total. The van der Waals surface area contributed by atoms with E-state index >= 15 is 0 Å². The summed E-state index contributed by atoms with van der Waals surface area (Å²) in [7, 11) is -11.4. The Bertz CT molecular complexity index is 681. The second kappa shape index (κ2) is 7.00. The molecule has 0 saturated heterocycles. The van der Waals surface area contributed by atoms with E-state index in [-0.39, 0.29) is 0 Å². The van der Waals surface area contributed by atoms with Gasteiger partial charge in [0.05, 0.1) is 0 Å². The predicted molar refractivity (Wildman–Crippen MR) is 65.7 cm³/mol. The van der Waals surface area contributed by atoms with Gasteiger partial charge in [0.25, 0.3) is 0 Å². The van der Waals surface area contributed by atoms with Gasteiger partial charge in [-0.05, 0) is 13.0 Å². The number of halogens is 6. The highest BCUT2D eigenvalue weighted by Gasteiger charge is 2.46. The average Bonchev–Trinajstić information content (AvgIpc) is 2.24. The SMILES string of the molecule is Cc1ccc[n+](C)c1.O=S(=O)([N-]S(=O)(=O)C(F)(F)F)C(F)(F)F. The number of aromatic nitrogens is 1. The minimum atomic E-state index is -6.72. The fraction of sp³-hybridized carbons (Fsp3) is 0.444. The van der Waals surface area contributed by atoms with Crippen molar-refractivity contribution >= 4 is 20.0 Å². The van der Waals surface area contributed by atoms with Crippen LogP contribution in [0.5, 0.6) is 0 Å². The lowest BCUT2D eigenvalue weighted by atomic mass is 10.3. The van der Waals surface area contributed by atoms with E-state index in [0.717, 1.165) is 4.13 Å². The molecule has 1 aromatic heterocycles. The quantitative estimate of drug-likeness (QED) is 0.572. The van der Waals surface area contributed by atoms with Crippen LogP contribution in [0.25, 0.3) is 4.13 Å². The molecule has 0 bridgehead atoms. The molecule has 0 atom stereocenters. The smallest absolute Gasteiger partial charge is 0.421 e. The van der Waals surface area contributed by atoms with E-state index in [1.807, 2.05) is 23.9 Å². The number of pyridine rings is 1. The fourth-order valence-corrected chi connectivity index (χ4v) is 2.66. The van der Waals surface area contributed by atoms with Crippen LogP contribution in [0, 0.1) is 6.92 Å². The van der Waals surface area contributed by atoms with Gasteiger partial charge >= 0.3 is 11.0 Å². The van der Waals surface area contributed by atoms with Gasteiger partial charge in [-0.25, -0.2) is 21.4 Å². The van der Waals surface area contributed by atoms with Crippen molar-refractivity contribution in [3.63, 3.8) is 0 Å². The number of nitrogens with zero attached hydrogens (tertiary/aromatic N) is 2.